The van der Waals surface area contributed by atoms with Crippen LogP contribution in [0.5, 0.6) is 0 Å². The highest BCUT2D eigenvalue weighted by Gasteiger charge is 2.56. The highest BCUT2D eigenvalue weighted by Crippen LogP contribution is 2.55. The van der Waals surface area contributed by atoms with Crippen LogP contribution in [0.2, 0.25) is 0 Å². The molecule has 1 saturated carbocycles. The van der Waals surface area contributed by atoms with Crippen LogP contribution in [0, 0.1) is 18.8 Å². The topological polar surface area (TPSA) is 51.5 Å². The first-order chi connectivity index (χ1) is 11.5. The Hall–Kier alpha value is -2.14. The number of ether oxygens (including phenoxy) is 1. The van der Waals surface area contributed by atoms with Crippen LogP contribution < -0.4 is 5.43 Å². The Kier molecular flexibility index (Phi) is 3.49. The van der Waals surface area contributed by atoms with E-state index in [0.29, 0.717) is 23.3 Å². The smallest absolute Gasteiger partial charge is 0.343 e. The van der Waals surface area contributed by atoms with Gasteiger partial charge in [-0.25, -0.2) is 4.79 Å². The fourth-order valence-corrected chi connectivity index (χ4v) is 4.19. The van der Waals surface area contributed by atoms with Gasteiger partial charge >= 0.3 is 5.97 Å². The SMILES string of the molecule is CCOC(=O)c1cn(C2C3CN(C)CC32)c2ccc(C)cc2c1=O. The number of likely N-dealkylation sites (tertiary alicyclic amines) is 1. The van der Waals surface area contributed by atoms with Gasteiger partial charge in [0, 0.05) is 30.7 Å². The molecule has 5 heteroatoms. The van der Waals surface area contributed by atoms with E-state index in [1.165, 1.54) is 0 Å². The van der Waals surface area contributed by atoms with Gasteiger partial charge in [0.05, 0.1) is 12.1 Å². The van der Waals surface area contributed by atoms with Gasteiger partial charge in [-0.2, -0.15) is 0 Å². The van der Waals surface area contributed by atoms with E-state index in [1.807, 2.05) is 25.1 Å². The highest BCUT2D eigenvalue weighted by molar-refractivity contribution is 5.94. The van der Waals surface area contributed by atoms with Crippen LogP contribution in [0.15, 0.2) is 29.2 Å². The number of rotatable bonds is 3. The first kappa shape index (κ1) is 15.4. The molecule has 24 heavy (non-hydrogen) atoms. The summed E-state index contributed by atoms with van der Waals surface area (Å²) in [7, 11) is 2.14. The summed E-state index contributed by atoms with van der Waals surface area (Å²) in [6, 6.07) is 6.27. The summed E-state index contributed by atoms with van der Waals surface area (Å²) in [5.74, 6) is 0.691. The molecule has 4 rings (SSSR count). The lowest BCUT2D eigenvalue weighted by molar-refractivity contribution is 0.0524. The number of carbonyl (C=O) groups is 1. The molecule has 1 aliphatic heterocycles. The maximum Gasteiger partial charge on any atom is 0.343 e. The zero-order chi connectivity index (χ0) is 17.0. The second-order valence-electron chi connectivity index (χ2n) is 7.06. The molecular weight excluding hydrogens is 304 g/mol. The quantitative estimate of drug-likeness (QED) is 0.812. The third kappa shape index (κ3) is 2.26. The molecule has 1 aromatic heterocycles. The molecule has 1 aliphatic carbocycles. The van der Waals surface area contributed by atoms with Crippen LogP contribution in [-0.4, -0.2) is 42.2 Å². The van der Waals surface area contributed by atoms with Crippen LogP contribution in [-0.2, 0) is 4.74 Å². The van der Waals surface area contributed by atoms with E-state index >= 15 is 0 Å². The summed E-state index contributed by atoms with van der Waals surface area (Å²) in [6.07, 6.45) is 1.72. The lowest BCUT2D eigenvalue weighted by Crippen LogP contribution is -2.24. The largest absolute Gasteiger partial charge is 0.462 e. The predicted octanol–water partition coefficient (Wildman–Crippen LogP) is 2.22. The molecule has 1 aromatic carbocycles. The molecule has 0 N–H and O–H groups in total. The number of nitrogens with zero attached hydrogens (tertiary/aromatic N) is 2. The van der Waals surface area contributed by atoms with E-state index in [4.69, 9.17) is 4.74 Å². The van der Waals surface area contributed by atoms with Gasteiger partial charge in [0.1, 0.15) is 5.56 Å². The number of esters is 1. The van der Waals surface area contributed by atoms with E-state index in [-0.39, 0.29) is 17.6 Å². The van der Waals surface area contributed by atoms with Crippen molar-refractivity contribution < 1.29 is 9.53 Å². The molecule has 0 spiro atoms. The molecule has 2 aliphatic rings. The van der Waals surface area contributed by atoms with Crippen molar-refractivity contribution in [2.24, 2.45) is 11.8 Å². The normalized spacial score (nSPS) is 25.7. The van der Waals surface area contributed by atoms with Gasteiger partial charge in [-0.3, -0.25) is 4.79 Å². The number of carbonyl (C=O) groups excluding carboxylic acids is 1. The minimum Gasteiger partial charge on any atom is -0.462 e. The van der Waals surface area contributed by atoms with E-state index in [1.54, 1.807) is 13.1 Å². The molecule has 2 fully saturated rings. The maximum atomic E-state index is 12.8. The van der Waals surface area contributed by atoms with Crippen molar-refractivity contribution in [3.8, 4) is 0 Å². The fourth-order valence-electron chi connectivity index (χ4n) is 4.19. The molecule has 0 radical (unpaired) electrons. The predicted molar refractivity (Wildman–Crippen MR) is 92.4 cm³/mol. The van der Waals surface area contributed by atoms with Gasteiger partial charge in [-0.05, 0) is 44.9 Å². The Balaban J connectivity index is 1.88. The molecule has 2 atom stereocenters. The minimum atomic E-state index is -0.525. The van der Waals surface area contributed by atoms with Crippen molar-refractivity contribution in [2.75, 3.05) is 26.7 Å². The van der Waals surface area contributed by atoms with Crippen LogP contribution in [0.3, 0.4) is 0 Å². The van der Waals surface area contributed by atoms with E-state index < -0.39 is 5.97 Å². The third-order valence-corrected chi connectivity index (χ3v) is 5.34. The van der Waals surface area contributed by atoms with Crippen molar-refractivity contribution in [3.63, 3.8) is 0 Å². The summed E-state index contributed by atoms with van der Waals surface area (Å²) < 4.78 is 7.24. The number of fused-ring (bicyclic) bond motifs is 2. The van der Waals surface area contributed by atoms with Crippen molar-refractivity contribution in [3.05, 3.63) is 45.7 Å². The summed E-state index contributed by atoms with van der Waals surface area (Å²) in [6.45, 7) is 6.13. The van der Waals surface area contributed by atoms with Crippen LogP contribution in [0.25, 0.3) is 10.9 Å². The molecule has 2 aromatic rings. The van der Waals surface area contributed by atoms with Crippen LogP contribution >= 0.6 is 0 Å². The average molecular weight is 326 g/mol. The number of benzene rings is 1. The van der Waals surface area contributed by atoms with Gasteiger partial charge in [-0.1, -0.05) is 11.6 Å². The van der Waals surface area contributed by atoms with E-state index in [9.17, 15) is 9.59 Å². The lowest BCUT2D eigenvalue weighted by Gasteiger charge is -2.18. The maximum absolute atomic E-state index is 12.8. The Bertz CT molecular complexity index is 874. The molecule has 5 nitrogen and oxygen atoms in total. The zero-order valence-electron chi connectivity index (χ0n) is 14.3. The van der Waals surface area contributed by atoms with Gasteiger partial charge in [-0.15, -0.1) is 0 Å². The van der Waals surface area contributed by atoms with Crippen molar-refractivity contribution in [2.45, 2.75) is 19.9 Å². The molecular formula is C19H22N2O3. The van der Waals surface area contributed by atoms with E-state index in [2.05, 4.69) is 16.5 Å². The molecule has 0 amide bonds. The minimum absolute atomic E-state index is 0.147. The van der Waals surface area contributed by atoms with Crippen LogP contribution in [0.1, 0.15) is 28.9 Å². The van der Waals surface area contributed by atoms with Gasteiger partial charge in [0.2, 0.25) is 5.43 Å². The second kappa shape index (κ2) is 5.45. The number of pyridine rings is 1. The molecule has 2 heterocycles. The lowest BCUT2D eigenvalue weighted by atomic mass is 10.1. The average Bonchev–Trinajstić information content (AvgIpc) is 3.04. The second-order valence-corrected chi connectivity index (χ2v) is 7.06. The summed E-state index contributed by atoms with van der Waals surface area (Å²) >= 11 is 0. The standard InChI is InChI=1S/C19H22N2O3/c1-4-24-19(23)15-10-21(17-13-8-20(3)9-14(13)17)16-6-5-11(2)7-12(16)18(15)22/h5-7,10,13-14,17H,4,8-9H2,1-3H3. The highest BCUT2D eigenvalue weighted by atomic mass is 16.5. The van der Waals surface area contributed by atoms with Gasteiger partial charge in [0.25, 0.3) is 0 Å². The first-order valence-electron chi connectivity index (χ1n) is 8.52. The fraction of sp³-hybridized carbons (Fsp3) is 0.474. The van der Waals surface area contributed by atoms with Crippen molar-refractivity contribution in [1.29, 1.82) is 0 Å². The third-order valence-electron chi connectivity index (χ3n) is 5.34. The Morgan fingerprint density at radius 3 is 2.67 bits per heavy atom. The number of aromatic nitrogens is 1. The van der Waals surface area contributed by atoms with Crippen molar-refractivity contribution >= 4 is 16.9 Å². The van der Waals surface area contributed by atoms with Gasteiger partial charge < -0.3 is 14.2 Å². The Labute approximate surface area is 140 Å². The number of piperidine rings is 1. The Morgan fingerprint density at radius 1 is 1.29 bits per heavy atom. The molecule has 1 saturated heterocycles. The monoisotopic (exact) mass is 326 g/mol. The molecule has 126 valence electrons. The van der Waals surface area contributed by atoms with Crippen LogP contribution in [0.4, 0.5) is 0 Å². The number of hydrogen-bond donors (Lipinski definition) is 0. The summed E-state index contributed by atoms with van der Waals surface area (Å²) in [5.41, 5.74) is 1.85. The molecule has 2 unspecified atom stereocenters. The number of hydrogen-bond acceptors (Lipinski definition) is 4. The number of aryl methyl sites for hydroxylation is 1. The van der Waals surface area contributed by atoms with Gasteiger partial charge in [0.15, 0.2) is 0 Å². The summed E-state index contributed by atoms with van der Waals surface area (Å²) in [5, 5.41) is 0.610. The molecule has 0 bridgehead atoms. The van der Waals surface area contributed by atoms with Crippen molar-refractivity contribution in [1.82, 2.24) is 9.47 Å². The van der Waals surface area contributed by atoms with E-state index in [0.717, 1.165) is 24.2 Å². The first-order valence-corrected chi connectivity index (χ1v) is 8.52. The Morgan fingerprint density at radius 2 is 2.00 bits per heavy atom. The summed E-state index contributed by atoms with van der Waals surface area (Å²) in [4.78, 5) is 27.4. The zero-order valence-corrected chi connectivity index (χ0v) is 14.3.